The molecule has 0 spiro atoms. The highest BCUT2D eigenvalue weighted by molar-refractivity contribution is 7.91. The number of rotatable bonds is 6. The molecular weight excluding hydrogens is 428 g/mol. The number of amides is 1. The molecule has 5 nitrogen and oxygen atoms in total. The predicted molar refractivity (Wildman–Crippen MR) is 123 cm³/mol. The van der Waals surface area contributed by atoms with Crippen molar-refractivity contribution in [2.75, 3.05) is 0 Å². The van der Waals surface area contributed by atoms with Gasteiger partial charge in [-0.15, -0.1) is 11.3 Å². The highest BCUT2D eigenvalue weighted by atomic mass is 32.2. The van der Waals surface area contributed by atoms with Crippen LogP contribution >= 0.6 is 11.3 Å². The molecule has 1 amide bonds. The van der Waals surface area contributed by atoms with Crippen LogP contribution in [0.25, 0.3) is 10.1 Å². The number of hydrogen-bond acceptors (Lipinski definition) is 5. The molecule has 4 rings (SSSR count). The van der Waals surface area contributed by atoms with E-state index in [2.05, 4.69) is 24.1 Å². The molecule has 0 atom stereocenters. The Morgan fingerprint density at radius 3 is 2.26 bits per heavy atom. The van der Waals surface area contributed by atoms with Crippen LogP contribution in [0.1, 0.15) is 40.6 Å². The average Bonchev–Trinajstić information content (AvgIpc) is 3.22. The van der Waals surface area contributed by atoms with Gasteiger partial charge in [0.25, 0.3) is 5.91 Å². The van der Waals surface area contributed by atoms with Crippen LogP contribution < -0.4 is 5.32 Å². The molecule has 0 saturated heterocycles. The Bertz CT molecular complexity index is 1290. The van der Waals surface area contributed by atoms with Crippen LogP contribution in [0.5, 0.6) is 0 Å². The fourth-order valence-corrected chi connectivity index (χ4v) is 5.43. The second-order valence-corrected chi connectivity index (χ2v) is 10.6. The monoisotopic (exact) mass is 450 g/mol. The fourth-order valence-electron chi connectivity index (χ4n) is 3.22. The van der Waals surface area contributed by atoms with Crippen molar-refractivity contribution in [3.63, 3.8) is 0 Å². The molecule has 7 heteroatoms. The summed E-state index contributed by atoms with van der Waals surface area (Å²) in [6.07, 6.45) is 3.44. The van der Waals surface area contributed by atoms with Crippen molar-refractivity contribution in [1.82, 2.24) is 10.3 Å². The number of nitrogens with one attached hydrogen (secondary N) is 1. The minimum atomic E-state index is -3.58. The van der Waals surface area contributed by atoms with Gasteiger partial charge < -0.3 is 5.32 Å². The van der Waals surface area contributed by atoms with Crippen molar-refractivity contribution in [3.05, 3.63) is 89.1 Å². The van der Waals surface area contributed by atoms with Gasteiger partial charge in [0.15, 0.2) is 0 Å². The topological polar surface area (TPSA) is 76.1 Å². The van der Waals surface area contributed by atoms with Crippen molar-refractivity contribution in [2.24, 2.45) is 0 Å². The lowest BCUT2D eigenvalue weighted by Gasteiger charge is -2.09. The van der Waals surface area contributed by atoms with E-state index in [1.54, 1.807) is 48.8 Å². The van der Waals surface area contributed by atoms with Crippen molar-refractivity contribution in [3.8, 4) is 0 Å². The van der Waals surface area contributed by atoms with E-state index >= 15 is 0 Å². The summed E-state index contributed by atoms with van der Waals surface area (Å²) >= 11 is 1.39. The number of sulfone groups is 1. The van der Waals surface area contributed by atoms with Crippen LogP contribution in [0.3, 0.4) is 0 Å². The van der Waals surface area contributed by atoms with Crippen molar-refractivity contribution in [1.29, 1.82) is 0 Å². The Hall–Kier alpha value is -3.03. The maximum absolute atomic E-state index is 12.9. The van der Waals surface area contributed by atoms with Gasteiger partial charge in [-0.3, -0.25) is 9.78 Å². The van der Waals surface area contributed by atoms with E-state index < -0.39 is 9.84 Å². The van der Waals surface area contributed by atoms with E-state index in [1.165, 1.54) is 11.3 Å². The van der Waals surface area contributed by atoms with E-state index in [9.17, 15) is 13.2 Å². The van der Waals surface area contributed by atoms with Crippen LogP contribution in [-0.4, -0.2) is 19.3 Å². The van der Waals surface area contributed by atoms with Crippen LogP contribution in [0, 0.1) is 0 Å². The lowest BCUT2D eigenvalue weighted by atomic mass is 10.0. The minimum Gasteiger partial charge on any atom is -0.347 e. The quantitative estimate of drug-likeness (QED) is 0.439. The second-order valence-electron chi connectivity index (χ2n) is 7.58. The normalized spacial score (nSPS) is 11.7. The first kappa shape index (κ1) is 21.2. The molecule has 2 heterocycles. The van der Waals surface area contributed by atoms with Crippen molar-refractivity contribution >= 4 is 37.2 Å². The molecule has 0 radical (unpaired) electrons. The van der Waals surface area contributed by atoms with Crippen molar-refractivity contribution < 1.29 is 13.2 Å². The average molecular weight is 451 g/mol. The van der Waals surface area contributed by atoms with E-state index in [-0.39, 0.29) is 15.7 Å². The number of pyridine rings is 1. The molecule has 0 unspecified atom stereocenters. The summed E-state index contributed by atoms with van der Waals surface area (Å²) < 4.78 is 26.7. The van der Waals surface area contributed by atoms with E-state index in [4.69, 9.17) is 0 Å². The number of hydrogen-bond donors (Lipinski definition) is 1. The van der Waals surface area contributed by atoms with Gasteiger partial charge in [-0.25, -0.2) is 8.42 Å². The van der Waals surface area contributed by atoms with E-state index in [0.717, 1.165) is 21.2 Å². The molecule has 31 heavy (non-hydrogen) atoms. The Labute approximate surface area is 185 Å². The van der Waals surface area contributed by atoms with Gasteiger partial charge >= 0.3 is 0 Å². The number of aromatic nitrogens is 1. The summed E-state index contributed by atoms with van der Waals surface area (Å²) in [5.41, 5.74) is 1.92. The van der Waals surface area contributed by atoms with Gasteiger partial charge in [-0.1, -0.05) is 38.1 Å². The molecule has 0 aliphatic heterocycles. The fraction of sp³-hybridized carbons (Fsp3) is 0.167. The van der Waals surface area contributed by atoms with Crippen molar-refractivity contribution in [2.45, 2.75) is 36.1 Å². The Balaban J connectivity index is 1.44. The predicted octanol–water partition coefficient (Wildman–Crippen LogP) is 5.18. The zero-order valence-electron chi connectivity index (χ0n) is 17.2. The highest BCUT2D eigenvalue weighted by Crippen LogP contribution is 2.25. The third-order valence-electron chi connectivity index (χ3n) is 5.09. The van der Waals surface area contributed by atoms with Crippen LogP contribution in [0.4, 0.5) is 0 Å². The molecule has 2 aromatic heterocycles. The van der Waals surface area contributed by atoms with E-state index in [0.29, 0.717) is 17.3 Å². The zero-order chi connectivity index (χ0) is 22.0. The molecule has 0 aliphatic carbocycles. The SMILES string of the molecule is CC(C)c1ccc(S(=O)(=O)c2ccc(CNC(=O)c3cc4ccncc4s3)cc2)cc1. The number of carbonyl (C=O) groups excluding carboxylic acids is 1. The molecule has 4 aromatic rings. The Kier molecular flexibility index (Phi) is 5.89. The summed E-state index contributed by atoms with van der Waals surface area (Å²) in [4.78, 5) is 17.7. The molecule has 0 bridgehead atoms. The molecule has 0 aliphatic rings. The molecule has 0 saturated carbocycles. The third kappa shape index (κ3) is 4.52. The summed E-state index contributed by atoms with van der Waals surface area (Å²) in [6, 6.07) is 17.3. The van der Waals surface area contributed by atoms with Gasteiger partial charge in [0.05, 0.1) is 19.4 Å². The van der Waals surface area contributed by atoms with Crippen LogP contribution in [0.2, 0.25) is 0 Å². The largest absolute Gasteiger partial charge is 0.347 e. The molecule has 2 aromatic carbocycles. The van der Waals surface area contributed by atoms with Gasteiger partial charge in [0, 0.05) is 18.9 Å². The number of thiophene rings is 1. The number of nitrogens with zero attached hydrogens (tertiary/aromatic N) is 1. The Morgan fingerprint density at radius 2 is 1.65 bits per heavy atom. The lowest BCUT2D eigenvalue weighted by Crippen LogP contribution is -2.21. The van der Waals surface area contributed by atoms with Crippen LogP contribution in [-0.2, 0) is 16.4 Å². The molecule has 158 valence electrons. The van der Waals surface area contributed by atoms with Gasteiger partial charge in [0.1, 0.15) is 0 Å². The highest BCUT2D eigenvalue weighted by Gasteiger charge is 2.18. The second kappa shape index (κ2) is 8.61. The summed E-state index contributed by atoms with van der Waals surface area (Å²) in [5.74, 6) is 0.179. The maximum atomic E-state index is 12.9. The van der Waals surface area contributed by atoms with Crippen LogP contribution in [0.15, 0.2) is 82.8 Å². The number of fused-ring (bicyclic) bond motifs is 1. The zero-order valence-corrected chi connectivity index (χ0v) is 18.8. The minimum absolute atomic E-state index is 0.164. The number of carbonyl (C=O) groups is 1. The van der Waals surface area contributed by atoms with Gasteiger partial charge in [-0.05, 0) is 58.8 Å². The summed E-state index contributed by atoms with van der Waals surface area (Å²) in [6.45, 7) is 4.45. The maximum Gasteiger partial charge on any atom is 0.261 e. The first-order valence-electron chi connectivity index (χ1n) is 9.90. The summed E-state index contributed by atoms with van der Waals surface area (Å²) in [5, 5.41) is 3.87. The molecular formula is C24H22N2O3S2. The first-order valence-corrected chi connectivity index (χ1v) is 12.2. The standard InChI is InChI=1S/C24H22N2O3S2/c1-16(2)18-5-9-21(10-6-18)31(28,29)20-7-3-17(4-8-20)14-26-24(27)22-13-19-11-12-25-15-23(19)30-22/h3-13,15-16H,14H2,1-2H3,(H,26,27). The first-order chi connectivity index (χ1) is 14.8. The number of benzene rings is 2. The summed E-state index contributed by atoms with van der Waals surface area (Å²) in [7, 11) is -3.58. The molecule has 0 fully saturated rings. The smallest absolute Gasteiger partial charge is 0.261 e. The van der Waals surface area contributed by atoms with Gasteiger partial charge in [0.2, 0.25) is 9.84 Å². The van der Waals surface area contributed by atoms with E-state index in [1.807, 2.05) is 24.3 Å². The molecule has 1 N–H and O–H groups in total. The van der Waals surface area contributed by atoms with Gasteiger partial charge in [-0.2, -0.15) is 0 Å². The third-order valence-corrected chi connectivity index (χ3v) is 7.96. The lowest BCUT2D eigenvalue weighted by molar-refractivity contribution is 0.0955. The Morgan fingerprint density at radius 1 is 1.00 bits per heavy atom.